The minimum Gasteiger partial charge on any atom is -0.305 e. The first-order chi connectivity index (χ1) is 5.65. The van der Waals surface area contributed by atoms with Crippen molar-refractivity contribution in [3.8, 4) is 0 Å². The Labute approximate surface area is 79.6 Å². The van der Waals surface area contributed by atoms with Crippen molar-refractivity contribution in [3.63, 3.8) is 0 Å². The molecule has 0 fully saturated rings. The lowest BCUT2D eigenvalue weighted by atomic mass is 10.1. The van der Waals surface area contributed by atoms with E-state index in [-0.39, 0.29) is 5.37 Å². The van der Waals surface area contributed by atoms with Gasteiger partial charge in [-0.05, 0) is 32.0 Å². The number of benzene rings is 1. The van der Waals surface area contributed by atoms with E-state index in [1.807, 2.05) is 7.05 Å². The Bertz CT molecular complexity index is 271. The van der Waals surface area contributed by atoms with Gasteiger partial charge in [0, 0.05) is 0 Å². The first-order valence-corrected chi connectivity index (χ1v) is 4.59. The molecule has 2 heteroatoms. The van der Waals surface area contributed by atoms with Crippen LogP contribution >= 0.6 is 12.6 Å². The van der Waals surface area contributed by atoms with Crippen molar-refractivity contribution >= 4 is 12.6 Å². The van der Waals surface area contributed by atoms with Gasteiger partial charge in [-0.2, -0.15) is 12.6 Å². The fraction of sp³-hybridized carbons (Fsp3) is 0.400. The second-order valence-electron chi connectivity index (χ2n) is 3.05. The summed E-state index contributed by atoms with van der Waals surface area (Å²) in [6, 6.07) is 6.42. The molecule has 1 N–H and O–H groups in total. The van der Waals surface area contributed by atoms with Crippen LogP contribution < -0.4 is 5.32 Å². The summed E-state index contributed by atoms with van der Waals surface area (Å²) in [5.74, 6) is 0. The lowest BCUT2D eigenvalue weighted by Gasteiger charge is -2.13. The van der Waals surface area contributed by atoms with Gasteiger partial charge in [-0.1, -0.05) is 23.8 Å². The molecule has 0 spiro atoms. The third-order valence-corrected chi connectivity index (χ3v) is 2.54. The standard InChI is InChI=1S/C10H15NS/c1-7-4-5-8(2)9(6-7)10(12)11-3/h4-6,10-12H,1-3H3. The van der Waals surface area contributed by atoms with Gasteiger partial charge in [0.1, 0.15) is 0 Å². The molecule has 12 heavy (non-hydrogen) atoms. The number of hydrogen-bond acceptors (Lipinski definition) is 2. The largest absolute Gasteiger partial charge is 0.305 e. The van der Waals surface area contributed by atoms with Crippen molar-refractivity contribution in [2.45, 2.75) is 19.2 Å². The van der Waals surface area contributed by atoms with E-state index in [1.165, 1.54) is 16.7 Å². The van der Waals surface area contributed by atoms with E-state index in [9.17, 15) is 0 Å². The molecule has 0 aliphatic heterocycles. The van der Waals surface area contributed by atoms with E-state index >= 15 is 0 Å². The van der Waals surface area contributed by atoms with E-state index in [2.05, 4.69) is 50.0 Å². The quantitative estimate of drug-likeness (QED) is 0.527. The molecule has 66 valence electrons. The van der Waals surface area contributed by atoms with Gasteiger partial charge in [-0.3, -0.25) is 0 Å². The van der Waals surface area contributed by atoms with Gasteiger partial charge in [0.15, 0.2) is 0 Å². The highest BCUT2D eigenvalue weighted by molar-refractivity contribution is 7.80. The zero-order chi connectivity index (χ0) is 9.14. The number of thiol groups is 1. The van der Waals surface area contributed by atoms with Gasteiger partial charge < -0.3 is 5.32 Å². The maximum absolute atomic E-state index is 4.43. The molecule has 0 saturated heterocycles. The van der Waals surface area contributed by atoms with Crippen molar-refractivity contribution < 1.29 is 0 Å². The number of nitrogens with one attached hydrogen (secondary N) is 1. The van der Waals surface area contributed by atoms with Crippen LogP contribution in [0.15, 0.2) is 18.2 Å². The summed E-state index contributed by atoms with van der Waals surface area (Å²) in [5.41, 5.74) is 3.83. The van der Waals surface area contributed by atoms with E-state index < -0.39 is 0 Å². The smallest absolute Gasteiger partial charge is 0.0759 e. The molecule has 1 aromatic carbocycles. The van der Waals surface area contributed by atoms with Crippen molar-refractivity contribution in [1.82, 2.24) is 5.32 Å². The van der Waals surface area contributed by atoms with Crippen LogP contribution in [0.2, 0.25) is 0 Å². The molecule has 0 aliphatic carbocycles. The second kappa shape index (κ2) is 3.97. The zero-order valence-corrected chi connectivity index (χ0v) is 8.65. The Morgan fingerprint density at radius 1 is 1.33 bits per heavy atom. The second-order valence-corrected chi connectivity index (χ2v) is 3.57. The molecule has 1 nitrogen and oxygen atoms in total. The Morgan fingerprint density at radius 3 is 2.58 bits per heavy atom. The summed E-state index contributed by atoms with van der Waals surface area (Å²) >= 11 is 4.43. The maximum atomic E-state index is 4.43. The summed E-state index contributed by atoms with van der Waals surface area (Å²) in [7, 11) is 1.92. The minimum absolute atomic E-state index is 0.143. The van der Waals surface area contributed by atoms with Crippen molar-refractivity contribution in [3.05, 3.63) is 34.9 Å². The molecule has 0 bridgehead atoms. The van der Waals surface area contributed by atoms with Crippen LogP contribution in [0.3, 0.4) is 0 Å². The van der Waals surface area contributed by atoms with Gasteiger partial charge in [0.2, 0.25) is 0 Å². The molecular weight excluding hydrogens is 166 g/mol. The molecule has 0 radical (unpaired) electrons. The normalized spacial score (nSPS) is 13.0. The SMILES string of the molecule is CNC(S)c1cc(C)ccc1C. The van der Waals surface area contributed by atoms with Crippen LogP contribution in [0.25, 0.3) is 0 Å². The topological polar surface area (TPSA) is 12.0 Å². The van der Waals surface area contributed by atoms with Gasteiger partial charge in [0.05, 0.1) is 5.37 Å². The molecule has 1 rings (SSSR count). The van der Waals surface area contributed by atoms with Crippen LogP contribution in [0, 0.1) is 13.8 Å². The number of aryl methyl sites for hydroxylation is 2. The minimum atomic E-state index is 0.143. The predicted molar refractivity (Wildman–Crippen MR) is 56.7 cm³/mol. The van der Waals surface area contributed by atoms with Crippen LogP contribution in [0.4, 0.5) is 0 Å². The number of hydrogen-bond donors (Lipinski definition) is 2. The lowest BCUT2D eigenvalue weighted by Crippen LogP contribution is -2.11. The molecule has 0 aliphatic rings. The fourth-order valence-corrected chi connectivity index (χ4v) is 1.49. The van der Waals surface area contributed by atoms with E-state index in [0.29, 0.717) is 0 Å². The average molecular weight is 181 g/mol. The summed E-state index contributed by atoms with van der Waals surface area (Å²) in [4.78, 5) is 0. The molecule has 1 aromatic rings. The molecule has 1 atom stereocenters. The van der Waals surface area contributed by atoms with E-state index in [0.717, 1.165) is 0 Å². The first kappa shape index (κ1) is 9.62. The molecule has 0 saturated carbocycles. The summed E-state index contributed by atoms with van der Waals surface area (Å²) in [6.07, 6.45) is 0. The number of rotatable bonds is 2. The van der Waals surface area contributed by atoms with Crippen LogP contribution in [-0.2, 0) is 0 Å². The monoisotopic (exact) mass is 181 g/mol. The molecule has 0 amide bonds. The van der Waals surface area contributed by atoms with Gasteiger partial charge in [-0.25, -0.2) is 0 Å². The fourth-order valence-electron chi connectivity index (χ4n) is 1.21. The Balaban J connectivity index is 3.04. The van der Waals surface area contributed by atoms with Crippen LogP contribution in [-0.4, -0.2) is 7.05 Å². The van der Waals surface area contributed by atoms with Gasteiger partial charge in [0.25, 0.3) is 0 Å². The highest BCUT2D eigenvalue weighted by Crippen LogP contribution is 2.21. The summed E-state index contributed by atoms with van der Waals surface area (Å²) in [6.45, 7) is 4.20. The van der Waals surface area contributed by atoms with Gasteiger partial charge >= 0.3 is 0 Å². The zero-order valence-electron chi connectivity index (χ0n) is 7.76. The van der Waals surface area contributed by atoms with Crippen molar-refractivity contribution in [2.24, 2.45) is 0 Å². The predicted octanol–water partition coefficient (Wildman–Crippen LogP) is 2.45. The Morgan fingerprint density at radius 2 is 2.00 bits per heavy atom. The Hall–Kier alpha value is -0.470. The van der Waals surface area contributed by atoms with E-state index in [4.69, 9.17) is 0 Å². The molecule has 1 unspecified atom stereocenters. The first-order valence-electron chi connectivity index (χ1n) is 4.07. The summed E-state index contributed by atoms with van der Waals surface area (Å²) < 4.78 is 0. The summed E-state index contributed by atoms with van der Waals surface area (Å²) in [5, 5.41) is 3.26. The molecule has 0 heterocycles. The highest BCUT2D eigenvalue weighted by atomic mass is 32.1. The van der Waals surface area contributed by atoms with Gasteiger partial charge in [-0.15, -0.1) is 0 Å². The molecule has 0 aromatic heterocycles. The van der Waals surface area contributed by atoms with Crippen molar-refractivity contribution in [1.29, 1.82) is 0 Å². The van der Waals surface area contributed by atoms with Crippen LogP contribution in [0.5, 0.6) is 0 Å². The Kier molecular flexibility index (Phi) is 3.18. The average Bonchev–Trinajstić information content (AvgIpc) is 2.08. The third-order valence-electron chi connectivity index (χ3n) is 2.00. The third kappa shape index (κ3) is 2.02. The maximum Gasteiger partial charge on any atom is 0.0759 e. The van der Waals surface area contributed by atoms with Crippen LogP contribution in [0.1, 0.15) is 22.1 Å². The lowest BCUT2D eigenvalue weighted by molar-refractivity contribution is 0.794. The van der Waals surface area contributed by atoms with Crippen molar-refractivity contribution in [2.75, 3.05) is 7.05 Å². The molecular formula is C10H15NS. The highest BCUT2D eigenvalue weighted by Gasteiger charge is 2.05. The van der Waals surface area contributed by atoms with E-state index in [1.54, 1.807) is 0 Å².